The number of aryl methyl sites for hydroxylation is 3. The molecule has 0 spiro atoms. The van der Waals surface area contributed by atoms with Crippen molar-refractivity contribution in [2.24, 2.45) is 7.05 Å². The van der Waals surface area contributed by atoms with E-state index in [1.807, 2.05) is 0 Å². The summed E-state index contributed by atoms with van der Waals surface area (Å²) in [6.07, 6.45) is 0. The number of aromatic nitrogens is 1. The lowest BCUT2D eigenvalue weighted by atomic mass is 10.0. The standard InChI is InChI=1S/C21H19N/c1-14-12-13-19-18-11-7-10-17(16-8-5-4-6-9-16)21(18)22(3)20(19)15(14)2/h4-13H,1-3H3. The highest BCUT2D eigenvalue weighted by atomic mass is 14.9. The van der Waals surface area contributed by atoms with Crippen molar-refractivity contribution in [2.75, 3.05) is 0 Å². The minimum absolute atomic E-state index is 1.27. The second kappa shape index (κ2) is 4.74. The van der Waals surface area contributed by atoms with Crippen LogP contribution in [0.25, 0.3) is 32.9 Å². The van der Waals surface area contributed by atoms with Crippen LogP contribution in [0.1, 0.15) is 11.1 Å². The molecule has 0 radical (unpaired) electrons. The van der Waals surface area contributed by atoms with Crippen LogP contribution in [0.2, 0.25) is 0 Å². The van der Waals surface area contributed by atoms with Gasteiger partial charge < -0.3 is 4.57 Å². The highest BCUT2D eigenvalue weighted by Gasteiger charge is 2.14. The van der Waals surface area contributed by atoms with E-state index in [1.54, 1.807) is 0 Å². The Bertz CT molecular complexity index is 991. The lowest BCUT2D eigenvalue weighted by Crippen LogP contribution is -1.92. The molecule has 0 saturated carbocycles. The molecule has 0 saturated heterocycles. The molecular weight excluding hydrogens is 266 g/mol. The number of nitrogens with zero attached hydrogens (tertiary/aromatic N) is 1. The highest BCUT2D eigenvalue weighted by Crippen LogP contribution is 2.36. The molecule has 0 unspecified atom stereocenters. The summed E-state index contributed by atoms with van der Waals surface area (Å²) in [6, 6.07) is 21.8. The molecule has 1 aromatic heterocycles. The second-order valence-electron chi connectivity index (χ2n) is 6.03. The van der Waals surface area contributed by atoms with Crippen LogP contribution in [-0.4, -0.2) is 4.57 Å². The molecule has 108 valence electrons. The van der Waals surface area contributed by atoms with Crippen molar-refractivity contribution in [3.63, 3.8) is 0 Å². The first-order chi connectivity index (χ1) is 10.7. The summed E-state index contributed by atoms with van der Waals surface area (Å²) in [5.74, 6) is 0. The van der Waals surface area contributed by atoms with E-state index >= 15 is 0 Å². The van der Waals surface area contributed by atoms with Crippen molar-refractivity contribution in [1.29, 1.82) is 0 Å². The molecule has 1 nitrogen and oxygen atoms in total. The molecule has 1 heteroatoms. The summed E-state index contributed by atoms with van der Waals surface area (Å²) in [6.45, 7) is 4.41. The monoisotopic (exact) mass is 285 g/mol. The van der Waals surface area contributed by atoms with Gasteiger partial charge in [-0.15, -0.1) is 0 Å². The number of benzene rings is 3. The van der Waals surface area contributed by atoms with E-state index in [1.165, 1.54) is 44.1 Å². The molecule has 4 aromatic rings. The quantitative estimate of drug-likeness (QED) is 0.428. The smallest absolute Gasteiger partial charge is 0.0568 e. The summed E-state index contributed by atoms with van der Waals surface area (Å²) in [4.78, 5) is 0. The first-order valence-corrected chi connectivity index (χ1v) is 7.71. The van der Waals surface area contributed by atoms with E-state index in [0.717, 1.165) is 0 Å². The van der Waals surface area contributed by atoms with Gasteiger partial charge in [-0.2, -0.15) is 0 Å². The van der Waals surface area contributed by atoms with Gasteiger partial charge in [-0.25, -0.2) is 0 Å². The molecule has 0 aliphatic rings. The number of fused-ring (bicyclic) bond motifs is 3. The zero-order valence-corrected chi connectivity index (χ0v) is 13.2. The van der Waals surface area contributed by atoms with Gasteiger partial charge >= 0.3 is 0 Å². The Balaban J connectivity index is 2.20. The third-order valence-electron chi connectivity index (χ3n) is 4.78. The third kappa shape index (κ3) is 1.72. The largest absolute Gasteiger partial charge is 0.343 e. The van der Waals surface area contributed by atoms with Gasteiger partial charge in [-0.05, 0) is 30.5 Å². The highest BCUT2D eigenvalue weighted by molar-refractivity contribution is 6.13. The Kier molecular flexibility index (Phi) is 2.83. The Hall–Kier alpha value is -2.54. The van der Waals surface area contributed by atoms with Crippen molar-refractivity contribution in [1.82, 2.24) is 4.57 Å². The SMILES string of the molecule is Cc1ccc2c3cccc(-c4ccccc4)c3n(C)c2c1C. The van der Waals surface area contributed by atoms with Crippen molar-refractivity contribution in [2.45, 2.75) is 13.8 Å². The first kappa shape index (κ1) is 13.1. The average Bonchev–Trinajstić information content (AvgIpc) is 2.85. The van der Waals surface area contributed by atoms with Crippen molar-refractivity contribution >= 4 is 21.8 Å². The normalized spacial score (nSPS) is 11.4. The number of hydrogen-bond acceptors (Lipinski definition) is 0. The van der Waals surface area contributed by atoms with Crippen LogP contribution in [0.4, 0.5) is 0 Å². The molecular formula is C21H19N. The molecule has 0 bridgehead atoms. The Morgan fingerprint density at radius 2 is 1.41 bits per heavy atom. The maximum atomic E-state index is 2.36. The van der Waals surface area contributed by atoms with E-state index in [9.17, 15) is 0 Å². The minimum atomic E-state index is 1.27. The molecule has 0 fully saturated rings. The Labute approximate surface area is 130 Å². The van der Waals surface area contributed by atoms with Gasteiger partial charge in [0.15, 0.2) is 0 Å². The molecule has 0 N–H and O–H groups in total. The average molecular weight is 285 g/mol. The van der Waals surface area contributed by atoms with Gasteiger partial charge in [-0.1, -0.05) is 60.7 Å². The molecule has 1 heterocycles. The van der Waals surface area contributed by atoms with Crippen molar-refractivity contribution < 1.29 is 0 Å². The minimum Gasteiger partial charge on any atom is -0.343 e. The van der Waals surface area contributed by atoms with E-state index in [-0.39, 0.29) is 0 Å². The van der Waals surface area contributed by atoms with E-state index in [2.05, 4.69) is 86.1 Å². The van der Waals surface area contributed by atoms with Crippen LogP contribution in [0.3, 0.4) is 0 Å². The van der Waals surface area contributed by atoms with Crippen LogP contribution in [0.5, 0.6) is 0 Å². The van der Waals surface area contributed by atoms with Crippen LogP contribution in [0, 0.1) is 13.8 Å². The maximum absolute atomic E-state index is 2.36. The molecule has 0 aliphatic carbocycles. The summed E-state index contributed by atoms with van der Waals surface area (Å²) in [7, 11) is 2.18. The zero-order valence-electron chi connectivity index (χ0n) is 13.2. The summed E-state index contributed by atoms with van der Waals surface area (Å²) in [5.41, 5.74) is 7.95. The Morgan fingerprint density at radius 1 is 0.682 bits per heavy atom. The van der Waals surface area contributed by atoms with Crippen molar-refractivity contribution in [3.8, 4) is 11.1 Å². The van der Waals surface area contributed by atoms with Crippen LogP contribution < -0.4 is 0 Å². The fourth-order valence-corrected chi connectivity index (χ4v) is 3.54. The van der Waals surface area contributed by atoms with Gasteiger partial charge in [0.1, 0.15) is 0 Å². The van der Waals surface area contributed by atoms with E-state index < -0.39 is 0 Å². The summed E-state index contributed by atoms with van der Waals surface area (Å²) >= 11 is 0. The predicted octanol–water partition coefficient (Wildman–Crippen LogP) is 5.62. The topological polar surface area (TPSA) is 4.93 Å². The van der Waals surface area contributed by atoms with Gasteiger partial charge in [0.05, 0.1) is 11.0 Å². The molecule has 0 amide bonds. The lowest BCUT2D eigenvalue weighted by molar-refractivity contribution is 1.01. The van der Waals surface area contributed by atoms with Crippen molar-refractivity contribution in [3.05, 3.63) is 71.8 Å². The second-order valence-corrected chi connectivity index (χ2v) is 6.03. The molecule has 4 rings (SSSR count). The van der Waals surface area contributed by atoms with Gasteiger partial charge in [0, 0.05) is 23.4 Å². The molecule has 0 atom stereocenters. The van der Waals surface area contributed by atoms with Gasteiger partial charge in [0.2, 0.25) is 0 Å². The fraction of sp³-hybridized carbons (Fsp3) is 0.143. The Morgan fingerprint density at radius 3 is 2.18 bits per heavy atom. The van der Waals surface area contributed by atoms with Crippen LogP contribution in [-0.2, 0) is 7.05 Å². The van der Waals surface area contributed by atoms with Gasteiger partial charge in [0.25, 0.3) is 0 Å². The van der Waals surface area contributed by atoms with E-state index in [0.29, 0.717) is 0 Å². The molecule has 0 aliphatic heterocycles. The fourth-order valence-electron chi connectivity index (χ4n) is 3.54. The van der Waals surface area contributed by atoms with Crippen LogP contribution in [0.15, 0.2) is 60.7 Å². The van der Waals surface area contributed by atoms with E-state index in [4.69, 9.17) is 0 Å². The zero-order chi connectivity index (χ0) is 15.3. The van der Waals surface area contributed by atoms with Crippen LogP contribution >= 0.6 is 0 Å². The molecule has 22 heavy (non-hydrogen) atoms. The van der Waals surface area contributed by atoms with Gasteiger partial charge in [-0.3, -0.25) is 0 Å². The third-order valence-corrected chi connectivity index (χ3v) is 4.78. The number of hydrogen-bond donors (Lipinski definition) is 0. The summed E-state index contributed by atoms with van der Waals surface area (Å²) < 4.78 is 2.36. The predicted molar refractivity (Wildman–Crippen MR) is 95.3 cm³/mol. The lowest BCUT2D eigenvalue weighted by Gasteiger charge is -2.08. The maximum Gasteiger partial charge on any atom is 0.0568 e. The number of para-hydroxylation sites is 1. The first-order valence-electron chi connectivity index (χ1n) is 7.71. The number of rotatable bonds is 1. The molecule has 3 aromatic carbocycles. The summed E-state index contributed by atoms with van der Waals surface area (Å²) in [5, 5.41) is 2.68.